The van der Waals surface area contributed by atoms with E-state index < -0.39 is 7.75 Å². The molecule has 124 valence electrons. The van der Waals surface area contributed by atoms with Gasteiger partial charge in [0.2, 0.25) is 0 Å². The molecule has 2 unspecified atom stereocenters. The molecule has 0 amide bonds. The Morgan fingerprint density at radius 2 is 1.95 bits per heavy atom. The number of rotatable bonds is 7. The molecular formula is C16H25ClNO3P. The zero-order valence-corrected chi connectivity index (χ0v) is 15.0. The van der Waals surface area contributed by atoms with Gasteiger partial charge in [0, 0.05) is 23.6 Å². The Kier molecular flexibility index (Phi) is 5.73. The third kappa shape index (κ3) is 3.93. The Balaban J connectivity index is 2.33. The van der Waals surface area contributed by atoms with E-state index in [0.29, 0.717) is 10.9 Å². The van der Waals surface area contributed by atoms with Crippen LogP contribution in [-0.2, 0) is 14.5 Å². The van der Waals surface area contributed by atoms with Crippen LogP contribution in [0.15, 0.2) is 24.3 Å². The molecule has 4 nitrogen and oxygen atoms in total. The molecule has 6 heteroatoms. The highest BCUT2D eigenvalue weighted by Gasteiger charge is 2.47. The van der Waals surface area contributed by atoms with E-state index in [1.165, 1.54) is 12.7 Å². The van der Waals surface area contributed by atoms with Crippen molar-refractivity contribution in [3.8, 4) is 0 Å². The summed E-state index contributed by atoms with van der Waals surface area (Å²) in [6, 6.07) is 7.74. The zero-order valence-electron chi connectivity index (χ0n) is 13.4. The minimum absolute atomic E-state index is 0.0989. The van der Waals surface area contributed by atoms with E-state index in [-0.39, 0.29) is 11.5 Å². The Bertz CT molecular complexity index is 543. The van der Waals surface area contributed by atoms with Gasteiger partial charge in [-0.3, -0.25) is 0 Å². The smallest absolute Gasteiger partial charge is 0.312 e. The first-order chi connectivity index (χ1) is 10.3. The third-order valence-electron chi connectivity index (χ3n) is 4.61. The molecule has 1 saturated carbocycles. The van der Waals surface area contributed by atoms with Gasteiger partial charge in [0.05, 0.1) is 0 Å². The van der Waals surface area contributed by atoms with Crippen molar-refractivity contribution in [1.29, 1.82) is 0 Å². The second-order valence-electron chi connectivity index (χ2n) is 6.53. The Morgan fingerprint density at radius 3 is 2.36 bits per heavy atom. The van der Waals surface area contributed by atoms with Crippen molar-refractivity contribution in [2.75, 3.05) is 7.11 Å². The summed E-state index contributed by atoms with van der Waals surface area (Å²) in [6.07, 6.45) is 3.95. The van der Waals surface area contributed by atoms with Crippen LogP contribution >= 0.6 is 19.3 Å². The quantitative estimate of drug-likeness (QED) is 0.714. The summed E-state index contributed by atoms with van der Waals surface area (Å²) in [5.74, 6) is 0.416. The van der Waals surface area contributed by atoms with Crippen molar-refractivity contribution in [3.05, 3.63) is 34.9 Å². The monoisotopic (exact) mass is 345 g/mol. The molecule has 22 heavy (non-hydrogen) atoms. The van der Waals surface area contributed by atoms with Gasteiger partial charge in [-0.15, -0.1) is 0 Å². The molecule has 0 spiro atoms. The molecule has 1 aromatic rings. The first kappa shape index (κ1) is 18.0. The number of halogens is 1. The van der Waals surface area contributed by atoms with E-state index in [9.17, 15) is 9.46 Å². The molecule has 1 fully saturated rings. The van der Waals surface area contributed by atoms with Gasteiger partial charge in [0.15, 0.2) is 0 Å². The average molecular weight is 346 g/mol. The van der Waals surface area contributed by atoms with Crippen LogP contribution in [0.4, 0.5) is 0 Å². The maximum Gasteiger partial charge on any atom is 0.402 e. The Morgan fingerprint density at radius 1 is 1.36 bits per heavy atom. The van der Waals surface area contributed by atoms with Gasteiger partial charge in [-0.1, -0.05) is 44.0 Å². The van der Waals surface area contributed by atoms with Gasteiger partial charge in [0.1, 0.15) is 0 Å². The van der Waals surface area contributed by atoms with Crippen LogP contribution in [0.25, 0.3) is 0 Å². The van der Waals surface area contributed by atoms with Crippen molar-refractivity contribution < 1.29 is 14.0 Å². The summed E-state index contributed by atoms with van der Waals surface area (Å²) in [7, 11) is -2.51. The number of hydrogen-bond acceptors (Lipinski definition) is 2. The average Bonchev–Trinajstić information content (AvgIpc) is 2.38. The third-order valence-corrected chi connectivity index (χ3v) is 5.99. The van der Waals surface area contributed by atoms with Crippen LogP contribution in [0.1, 0.15) is 45.1 Å². The normalized spacial score (nSPS) is 21.2. The van der Waals surface area contributed by atoms with Crippen LogP contribution in [0.3, 0.4) is 0 Å². The number of nitrogens with one attached hydrogen (secondary N) is 1. The van der Waals surface area contributed by atoms with E-state index in [2.05, 4.69) is 18.9 Å². The van der Waals surface area contributed by atoms with Gasteiger partial charge in [-0.05, 0) is 42.9 Å². The highest BCUT2D eigenvalue weighted by molar-refractivity contribution is 7.50. The fraction of sp³-hybridized carbons (Fsp3) is 0.625. The van der Waals surface area contributed by atoms with E-state index in [4.69, 9.17) is 16.1 Å². The van der Waals surface area contributed by atoms with Gasteiger partial charge >= 0.3 is 7.75 Å². The summed E-state index contributed by atoms with van der Waals surface area (Å²) in [5, 5.41) is 3.59. The fourth-order valence-corrected chi connectivity index (χ4v) is 4.28. The molecule has 0 heterocycles. The lowest BCUT2D eigenvalue weighted by molar-refractivity contribution is 0.156. The minimum atomic E-state index is -3.77. The van der Waals surface area contributed by atoms with E-state index in [1.807, 2.05) is 24.3 Å². The summed E-state index contributed by atoms with van der Waals surface area (Å²) in [6.45, 7) is 4.25. The lowest BCUT2D eigenvalue weighted by atomic mass is 9.59. The first-order valence-corrected chi connectivity index (χ1v) is 9.67. The van der Waals surface area contributed by atoms with Crippen LogP contribution in [-0.4, -0.2) is 18.0 Å². The van der Waals surface area contributed by atoms with Crippen LogP contribution < -0.4 is 5.09 Å². The highest BCUT2D eigenvalue weighted by atomic mass is 35.5. The molecule has 0 saturated heterocycles. The first-order valence-electron chi connectivity index (χ1n) is 7.71. The second-order valence-corrected chi connectivity index (χ2v) is 8.63. The molecule has 2 rings (SSSR count). The lowest BCUT2D eigenvalue weighted by Gasteiger charge is -2.49. The molecule has 0 radical (unpaired) electrons. The maximum atomic E-state index is 12.0. The Labute approximate surface area is 137 Å². The molecule has 1 aliphatic carbocycles. The van der Waals surface area contributed by atoms with Gasteiger partial charge in [-0.2, -0.15) is 0 Å². The second kappa shape index (κ2) is 7.02. The van der Waals surface area contributed by atoms with Crippen molar-refractivity contribution >= 4 is 19.3 Å². The van der Waals surface area contributed by atoms with Crippen LogP contribution in [0.5, 0.6) is 0 Å². The highest BCUT2D eigenvalue weighted by Crippen LogP contribution is 2.51. The molecule has 2 N–H and O–H groups in total. The van der Waals surface area contributed by atoms with Crippen molar-refractivity contribution in [2.45, 2.75) is 51.0 Å². The molecule has 1 aliphatic rings. The van der Waals surface area contributed by atoms with Crippen LogP contribution in [0, 0.1) is 5.92 Å². The fourth-order valence-electron chi connectivity index (χ4n) is 3.30. The standard InChI is InChI=1S/C16H25ClNO3P/c1-12(2)11-15(18-22(19,20)21-3)16(9-4-10-16)13-5-7-14(17)8-6-13/h5-8,12,15H,4,9-11H2,1-3H3,(H2,18,19,20). The van der Waals surface area contributed by atoms with Gasteiger partial charge in [0.25, 0.3) is 0 Å². The summed E-state index contributed by atoms with van der Waals surface area (Å²) >= 11 is 6.00. The molecule has 2 atom stereocenters. The van der Waals surface area contributed by atoms with E-state index in [0.717, 1.165) is 25.7 Å². The van der Waals surface area contributed by atoms with Gasteiger partial charge < -0.3 is 9.42 Å². The summed E-state index contributed by atoms with van der Waals surface area (Å²) in [4.78, 5) is 9.88. The van der Waals surface area contributed by atoms with Crippen LogP contribution in [0.2, 0.25) is 5.02 Å². The van der Waals surface area contributed by atoms with Crippen molar-refractivity contribution in [1.82, 2.24) is 5.09 Å². The SMILES string of the molecule is COP(=O)(O)NC(CC(C)C)C1(c2ccc(Cl)cc2)CCC1. The molecule has 1 aromatic carbocycles. The van der Waals surface area contributed by atoms with Gasteiger partial charge in [-0.25, -0.2) is 9.65 Å². The molecular weight excluding hydrogens is 321 g/mol. The topological polar surface area (TPSA) is 58.6 Å². The lowest BCUT2D eigenvalue weighted by Crippen LogP contribution is -2.52. The largest absolute Gasteiger partial charge is 0.402 e. The molecule has 0 aromatic heterocycles. The molecule has 0 bridgehead atoms. The predicted octanol–water partition coefficient (Wildman–Crippen LogP) is 4.51. The summed E-state index contributed by atoms with van der Waals surface area (Å²) in [5.41, 5.74) is 1.06. The van der Waals surface area contributed by atoms with Crippen molar-refractivity contribution in [3.63, 3.8) is 0 Å². The molecule has 0 aliphatic heterocycles. The van der Waals surface area contributed by atoms with E-state index in [1.54, 1.807) is 0 Å². The minimum Gasteiger partial charge on any atom is -0.312 e. The number of hydrogen-bond donors (Lipinski definition) is 2. The Hall–Kier alpha value is -0.380. The summed E-state index contributed by atoms with van der Waals surface area (Å²) < 4.78 is 16.8. The number of benzene rings is 1. The maximum absolute atomic E-state index is 12.0. The zero-order chi connectivity index (χ0) is 16.4. The van der Waals surface area contributed by atoms with Crippen molar-refractivity contribution in [2.24, 2.45) is 5.92 Å². The van der Waals surface area contributed by atoms with E-state index >= 15 is 0 Å². The predicted molar refractivity (Wildman–Crippen MR) is 90.2 cm³/mol.